The van der Waals surface area contributed by atoms with Crippen LogP contribution in [0.15, 0.2) is 18.2 Å². The van der Waals surface area contributed by atoms with Gasteiger partial charge in [0, 0.05) is 42.1 Å². The Labute approximate surface area is 185 Å². The molecular weight excluding hydrogens is 419 g/mol. The van der Waals surface area contributed by atoms with Crippen molar-refractivity contribution in [2.24, 2.45) is 0 Å². The van der Waals surface area contributed by atoms with Crippen molar-refractivity contribution < 1.29 is 9.18 Å². The predicted octanol–water partition coefficient (Wildman–Crippen LogP) is 5.16. The first-order chi connectivity index (χ1) is 14.5. The minimum Gasteiger partial charge on any atom is -0.317 e. The number of rotatable bonds is 10. The van der Waals surface area contributed by atoms with Crippen LogP contribution in [0.3, 0.4) is 0 Å². The molecule has 0 aliphatic heterocycles. The second kappa shape index (κ2) is 10.4. The Hall–Kier alpha value is -1.87. The second-order valence-corrected chi connectivity index (χ2v) is 9.42. The van der Waals surface area contributed by atoms with Gasteiger partial charge in [-0.2, -0.15) is 0 Å². The first-order valence-corrected chi connectivity index (χ1v) is 12.0. The summed E-state index contributed by atoms with van der Waals surface area (Å²) >= 11 is 3.12. The van der Waals surface area contributed by atoms with Crippen LogP contribution in [0.2, 0.25) is 0 Å². The molecule has 0 fully saturated rings. The topological polar surface area (TPSA) is 66.0 Å². The van der Waals surface area contributed by atoms with Crippen LogP contribution in [-0.2, 0) is 17.8 Å². The van der Waals surface area contributed by atoms with Crippen molar-refractivity contribution >= 4 is 43.8 Å². The molecule has 0 aliphatic rings. The number of benzene rings is 1. The lowest BCUT2D eigenvalue weighted by atomic mass is 10.1. The zero-order valence-corrected chi connectivity index (χ0v) is 19.5. The molecule has 0 saturated carbocycles. The van der Waals surface area contributed by atoms with Crippen LogP contribution in [0.4, 0.5) is 9.39 Å². The van der Waals surface area contributed by atoms with E-state index in [9.17, 15) is 9.18 Å². The first kappa shape index (κ1) is 22.8. The highest BCUT2D eigenvalue weighted by atomic mass is 32.1. The number of hydrogen-bond acceptors (Lipinski definition) is 6. The molecule has 0 saturated heterocycles. The van der Waals surface area contributed by atoms with Crippen molar-refractivity contribution in [3.63, 3.8) is 0 Å². The standard InChI is InChI=1S/C22H29FN4OS2/c1-5-13(3)25-10-9-19(28)27-22-20(15(6-2)18(30-22)12-24-4)21-26-16-11-14(23)7-8-17(16)29-21/h7-8,11,13,24-25H,5-6,9-10,12H2,1-4H3,(H,27,28). The Bertz CT molecular complexity index is 1010. The molecule has 8 heteroatoms. The third-order valence-electron chi connectivity index (χ3n) is 5.06. The van der Waals surface area contributed by atoms with Gasteiger partial charge in [-0.3, -0.25) is 4.79 Å². The van der Waals surface area contributed by atoms with Crippen LogP contribution >= 0.6 is 22.7 Å². The minimum absolute atomic E-state index is 0.0147. The van der Waals surface area contributed by atoms with Crippen LogP contribution < -0.4 is 16.0 Å². The number of aromatic nitrogens is 1. The number of halogens is 1. The summed E-state index contributed by atoms with van der Waals surface area (Å²) in [6, 6.07) is 5.07. The number of anilines is 1. The van der Waals surface area contributed by atoms with Gasteiger partial charge in [0.1, 0.15) is 15.8 Å². The average molecular weight is 449 g/mol. The number of thiazole rings is 1. The summed E-state index contributed by atoms with van der Waals surface area (Å²) in [4.78, 5) is 18.5. The highest BCUT2D eigenvalue weighted by Crippen LogP contribution is 2.44. The summed E-state index contributed by atoms with van der Waals surface area (Å²) in [6.45, 7) is 7.72. The lowest BCUT2D eigenvalue weighted by Gasteiger charge is -2.11. The molecule has 3 N–H and O–H groups in total. The Morgan fingerprint density at radius 2 is 2.07 bits per heavy atom. The monoisotopic (exact) mass is 448 g/mol. The maximum atomic E-state index is 13.6. The molecule has 2 aromatic heterocycles. The predicted molar refractivity (Wildman–Crippen MR) is 126 cm³/mol. The van der Waals surface area contributed by atoms with E-state index in [2.05, 4.69) is 36.7 Å². The van der Waals surface area contributed by atoms with Crippen LogP contribution in [-0.4, -0.2) is 30.5 Å². The molecule has 1 atom stereocenters. The van der Waals surface area contributed by atoms with Gasteiger partial charge >= 0.3 is 0 Å². The number of amides is 1. The van der Waals surface area contributed by atoms with E-state index in [1.165, 1.54) is 33.9 Å². The molecule has 3 aromatic rings. The molecular formula is C22H29FN4OS2. The van der Waals surface area contributed by atoms with Gasteiger partial charge in [-0.15, -0.1) is 22.7 Å². The molecule has 162 valence electrons. The van der Waals surface area contributed by atoms with E-state index in [1.54, 1.807) is 17.4 Å². The lowest BCUT2D eigenvalue weighted by molar-refractivity contribution is -0.116. The fourth-order valence-electron chi connectivity index (χ4n) is 3.28. The van der Waals surface area contributed by atoms with E-state index in [1.807, 2.05) is 7.05 Å². The third-order valence-corrected chi connectivity index (χ3v) is 7.26. The molecule has 5 nitrogen and oxygen atoms in total. The maximum Gasteiger partial charge on any atom is 0.226 e. The van der Waals surface area contributed by atoms with E-state index in [0.717, 1.165) is 39.7 Å². The highest BCUT2D eigenvalue weighted by Gasteiger charge is 2.22. The van der Waals surface area contributed by atoms with Gasteiger partial charge in [-0.05, 0) is 44.5 Å². The number of nitrogens with one attached hydrogen (secondary N) is 3. The molecule has 1 aromatic carbocycles. The Balaban J connectivity index is 1.92. The number of hydrogen-bond donors (Lipinski definition) is 3. The Morgan fingerprint density at radius 1 is 1.27 bits per heavy atom. The second-order valence-electron chi connectivity index (χ2n) is 7.28. The van der Waals surface area contributed by atoms with Gasteiger partial charge in [-0.25, -0.2) is 9.37 Å². The Morgan fingerprint density at radius 3 is 2.77 bits per heavy atom. The van der Waals surface area contributed by atoms with E-state index >= 15 is 0 Å². The van der Waals surface area contributed by atoms with E-state index in [0.29, 0.717) is 24.5 Å². The molecule has 0 radical (unpaired) electrons. The number of carbonyl (C=O) groups excluding carboxylic acids is 1. The van der Waals surface area contributed by atoms with Crippen molar-refractivity contribution in [2.45, 2.75) is 52.6 Å². The normalized spacial score (nSPS) is 12.4. The molecule has 2 heterocycles. The smallest absolute Gasteiger partial charge is 0.226 e. The fraction of sp³-hybridized carbons (Fsp3) is 0.455. The summed E-state index contributed by atoms with van der Waals surface area (Å²) in [5.41, 5.74) is 2.80. The van der Waals surface area contributed by atoms with Crippen LogP contribution in [0.5, 0.6) is 0 Å². The highest BCUT2D eigenvalue weighted by molar-refractivity contribution is 7.22. The van der Waals surface area contributed by atoms with Gasteiger partial charge in [0.2, 0.25) is 5.91 Å². The molecule has 1 amide bonds. The fourth-order valence-corrected chi connectivity index (χ4v) is 5.69. The van der Waals surface area contributed by atoms with Gasteiger partial charge in [0.05, 0.1) is 10.2 Å². The van der Waals surface area contributed by atoms with Gasteiger partial charge in [-0.1, -0.05) is 13.8 Å². The zero-order chi connectivity index (χ0) is 21.7. The molecule has 1 unspecified atom stereocenters. The molecule has 0 spiro atoms. The number of fused-ring (bicyclic) bond motifs is 1. The summed E-state index contributed by atoms with van der Waals surface area (Å²) in [7, 11) is 1.91. The summed E-state index contributed by atoms with van der Waals surface area (Å²) in [6.07, 6.45) is 2.27. The van der Waals surface area contributed by atoms with E-state index in [4.69, 9.17) is 4.98 Å². The van der Waals surface area contributed by atoms with Gasteiger partial charge in [0.15, 0.2) is 0 Å². The number of nitrogens with zero attached hydrogens (tertiary/aromatic N) is 1. The van der Waals surface area contributed by atoms with E-state index < -0.39 is 0 Å². The van der Waals surface area contributed by atoms with Crippen LogP contribution in [0.1, 0.15) is 44.1 Å². The summed E-state index contributed by atoms with van der Waals surface area (Å²) < 4.78 is 14.6. The summed E-state index contributed by atoms with van der Waals surface area (Å²) in [5.74, 6) is -0.308. The molecule has 30 heavy (non-hydrogen) atoms. The van der Waals surface area contributed by atoms with Crippen molar-refractivity contribution in [2.75, 3.05) is 18.9 Å². The molecule has 0 aliphatic carbocycles. The zero-order valence-electron chi connectivity index (χ0n) is 17.9. The first-order valence-electron chi connectivity index (χ1n) is 10.4. The molecule has 3 rings (SSSR count). The van der Waals surface area contributed by atoms with Crippen molar-refractivity contribution in [1.82, 2.24) is 15.6 Å². The van der Waals surface area contributed by atoms with Gasteiger partial charge in [0.25, 0.3) is 0 Å². The summed E-state index contributed by atoms with van der Waals surface area (Å²) in [5, 5.41) is 11.3. The van der Waals surface area contributed by atoms with Crippen molar-refractivity contribution in [3.8, 4) is 10.6 Å². The number of carbonyl (C=O) groups is 1. The minimum atomic E-state index is -0.293. The van der Waals surface area contributed by atoms with Crippen molar-refractivity contribution in [1.29, 1.82) is 0 Å². The van der Waals surface area contributed by atoms with Crippen molar-refractivity contribution in [3.05, 3.63) is 34.5 Å². The van der Waals surface area contributed by atoms with Crippen LogP contribution in [0.25, 0.3) is 20.8 Å². The Kier molecular flexibility index (Phi) is 7.93. The maximum absolute atomic E-state index is 13.6. The van der Waals surface area contributed by atoms with E-state index in [-0.39, 0.29) is 11.7 Å². The average Bonchev–Trinajstić information content (AvgIpc) is 3.28. The third kappa shape index (κ3) is 5.24. The number of thiophene rings is 1. The van der Waals surface area contributed by atoms with Crippen LogP contribution in [0, 0.1) is 5.82 Å². The SMILES string of the molecule is CCc1c(CNC)sc(NC(=O)CCNC(C)CC)c1-c1nc2cc(F)ccc2s1. The lowest BCUT2D eigenvalue weighted by Crippen LogP contribution is -2.28. The van der Waals surface area contributed by atoms with Gasteiger partial charge < -0.3 is 16.0 Å². The molecule has 0 bridgehead atoms. The largest absolute Gasteiger partial charge is 0.317 e. The quantitative estimate of drug-likeness (QED) is 0.401.